The molecule has 1 aliphatic heterocycles. The molecule has 0 saturated carbocycles. The highest BCUT2D eigenvalue weighted by Crippen LogP contribution is 2.18. The molecule has 1 fully saturated rings. The van der Waals surface area contributed by atoms with Crippen LogP contribution in [0.25, 0.3) is 0 Å². The van der Waals surface area contributed by atoms with Crippen LogP contribution in [0.2, 0.25) is 0 Å². The van der Waals surface area contributed by atoms with Crippen molar-refractivity contribution in [3.05, 3.63) is 0 Å². The zero-order chi connectivity index (χ0) is 11.6. The van der Waals surface area contributed by atoms with Crippen molar-refractivity contribution in [1.29, 1.82) is 0 Å². The molecule has 0 spiro atoms. The van der Waals surface area contributed by atoms with Gasteiger partial charge in [0.2, 0.25) is 0 Å². The van der Waals surface area contributed by atoms with Gasteiger partial charge in [-0.15, -0.1) is 0 Å². The van der Waals surface area contributed by atoms with E-state index in [4.69, 9.17) is 5.11 Å². The number of nitrogens with zero attached hydrogens (tertiary/aromatic N) is 1. The average Bonchev–Trinajstić information content (AvgIpc) is 2.06. The Hall–Kier alpha value is -0.890. The van der Waals surface area contributed by atoms with Crippen LogP contribution >= 0.6 is 0 Å². The second-order valence-corrected chi connectivity index (χ2v) is 4.97. The van der Waals surface area contributed by atoms with Crippen molar-refractivity contribution in [2.45, 2.75) is 18.7 Å². The normalized spacial score (nSPS) is 27.7. The molecule has 88 valence electrons. The average molecular weight is 241 g/mol. The molecule has 0 aliphatic carbocycles. The van der Waals surface area contributed by atoms with Gasteiger partial charge in [-0.2, -0.15) is 8.42 Å². The van der Waals surface area contributed by atoms with Gasteiger partial charge < -0.3 is 10.0 Å². The van der Waals surface area contributed by atoms with E-state index in [1.54, 1.807) is 0 Å². The van der Waals surface area contributed by atoms with Crippen molar-refractivity contribution in [3.63, 3.8) is 0 Å². The first kappa shape index (κ1) is 12.2. The minimum absolute atomic E-state index is 0.0491. The number of halogens is 1. The van der Waals surface area contributed by atoms with Gasteiger partial charge in [-0.3, -0.25) is 4.18 Å². The molecule has 15 heavy (non-hydrogen) atoms. The lowest BCUT2D eigenvalue weighted by Gasteiger charge is -2.32. The molecule has 1 saturated heterocycles. The number of piperidine rings is 1. The van der Waals surface area contributed by atoms with Gasteiger partial charge in [0.05, 0.1) is 12.8 Å². The molecule has 8 heteroatoms. The van der Waals surface area contributed by atoms with E-state index in [-0.39, 0.29) is 19.5 Å². The van der Waals surface area contributed by atoms with Gasteiger partial charge >= 0.3 is 6.09 Å². The third-order valence-corrected chi connectivity index (χ3v) is 2.64. The molecule has 1 aliphatic rings. The fourth-order valence-corrected chi connectivity index (χ4v) is 2.01. The molecule has 1 amide bonds. The number of carboxylic acid groups (broad SMARTS) is 1. The predicted octanol–water partition coefficient (Wildman–Crippen LogP) is 0.0530. The molecule has 1 rings (SSSR count). The van der Waals surface area contributed by atoms with Gasteiger partial charge in [0.25, 0.3) is 10.1 Å². The lowest BCUT2D eigenvalue weighted by atomic mass is 10.1. The van der Waals surface area contributed by atoms with Gasteiger partial charge in [-0.25, -0.2) is 9.18 Å². The largest absolute Gasteiger partial charge is 0.465 e. The van der Waals surface area contributed by atoms with Gasteiger partial charge in [0.1, 0.15) is 12.3 Å². The predicted molar refractivity (Wildman–Crippen MR) is 48.8 cm³/mol. The molecule has 1 N–H and O–H groups in total. The van der Waals surface area contributed by atoms with Crippen molar-refractivity contribution < 1.29 is 26.9 Å². The Bertz CT molecular complexity index is 343. The highest BCUT2D eigenvalue weighted by Gasteiger charge is 2.34. The van der Waals surface area contributed by atoms with Crippen LogP contribution in [0.15, 0.2) is 0 Å². The molecule has 0 aromatic rings. The Kier molecular flexibility index (Phi) is 3.50. The van der Waals surface area contributed by atoms with Gasteiger partial charge in [0, 0.05) is 6.54 Å². The summed E-state index contributed by atoms with van der Waals surface area (Å²) in [4.78, 5) is 11.5. The van der Waals surface area contributed by atoms with Crippen LogP contribution in [0.3, 0.4) is 0 Å². The first-order valence-corrected chi connectivity index (χ1v) is 6.11. The van der Waals surface area contributed by atoms with Crippen molar-refractivity contribution in [3.8, 4) is 0 Å². The summed E-state index contributed by atoms with van der Waals surface area (Å²) in [6.07, 6.45) is -3.13. The topological polar surface area (TPSA) is 83.9 Å². The molecular formula is C7H12FNO5S. The highest BCUT2D eigenvalue weighted by molar-refractivity contribution is 7.86. The van der Waals surface area contributed by atoms with Crippen LogP contribution in [-0.4, -0.2) is 56.1 Å². The summed E-state index contributed by atoms with van der Waals surface area (Å²) < 4.78 is 39.2. The summed E-state index contributed by atoms with van der Waals surface area (Å²) in [5, 5.41) is 8.64. The summed E-state index contributed by atoms with van der Waals surface area (Å²) in [6, 6.07) is 0. The Morgan fingerprint density at radius 3 is 2.67 bits per heavy atom. The van der Waals surface area contributed by atoms with E-state index >= 15 is 0 Å². The maximum Gasteiger partial charge on any atom is 0.407 e. The van der Waals surface area contributed by atoms with Crippen molar-refractivity contribution in [2.75, 3.05) is 19.3 Å². The number of rotatable bonds is 2. The maximum atomic E-state index is 13.2. The quantitative estimate of drug-likeness (QED) is 0.691. The maximum absolute atomic E-state index is 13.2. The minimum atomic E-state index is -3.77. The van der Waals surface area contributed by atoms with Crippen LogP contribution < -0.4 is 0 Å². The molecule has 1 heterocycles. The molecule has 0 radical (unpaired) electrons. The first-order chi connectivity index (χ1) is 6.79. The SMILES string of the molecule is CS(=O)(=O)OC1CN(C(=O)O)CCC1F. The number of alkyl halides is 1. The summed E-state index contributed by atoms with van der Waals surface area (Å²) in [6.45, 7) is -0.205. The molecule has 0 aromatic heterocycles. The second kappa shape index (κ2) is 4.31. The Morgan fingerprint density at radius 1 is 1.60 bits per heavy atom. The van der Waals surface area contributed by atoms with E-state index in [2.05, 4.69) is 4.18 Å². The van der Waals surface area contributed by atoms with Crippen LogP contribution in [0, 0.1) is 0 Å². The Balaban J connectivity index is 2.66. The minimum Gasteiger partial charge on any atom is -0.465 e. The smallest absolute Gasteiger partial charge is 0.407 e. The summed E-state index contributed by atoms with van der Waals surface area (Å²) in [7, 11) is -3.77. The molecule has 2 atom stereocenters. The van der Waals surface area contributed by atoms with E-state index < -0.39 is 28.5 Å². The molecule has 0 bridgehead atoms. The monoisotopic (exact) mass is 241 g/mol. The number of carbonyl (C=O) groups is 1. The zero-order valence-corrected chi connectivity index (χ0v) is 8.91. The fourth-order valence-electron chi connectivity index (χ4n) is 1.38. The number of hydrogen-bond donors (Lipinski definition) is 1. The third-order valence-electron chi connectivity index (χ3n) is 2.05. The summed E-state index contributed by atoms with van der Waals surface area (Å²) in [5.41, 5.74) is 0. The van der Waals surface area contributed by atoms with E-state index in [1.807, 2.05) is 0 Å². The van der Waals surface area contributed by atoms with Crippen molar-refractivity contribution in [2.24, 2.45) is 0 Å². The standard InChI is InChI=1S/C7H12FNO5S/c1-15(12,13)14-6-4-9(7(10)11)3-2-5(6)8/h5-6H,2-4H2,1H3,(H,10,11). The third kappa shape index (κ3) is 3.63. The van der Waals surface area contributed by atoms with Gasteiger partial charge in [0.15, 0.2) is 0 Å². The van der Waals surface area contributed by atoms with Crippen LogP contribution in [0.5, 0.6) is 0 Å². The Morgan fingerprint density at radius 2 is 2.20 bits per heavy atom. The number of hydrogen-bond acceptors (Lipinski definition) is 4. The van der Waals surface area contributed by atoms with E-state index in [0.29, 0.717) is 0 Å². The van der Waals surface area contributed by atoms with E-state index in [9.17, 15) is 17.6 Å². The lowest BCUT2D eigenvalue weighted by molar-refractivity contribution is 0.0268. The summed E-state index contributed by atoms with van der Waals surface area (Å²) >= 11 is 0. The highest BCUT2D eigenvalue weighted by atomic mass is 32.2. The van der Waals surface area contributed by atoms with E-state index in [1.165, 1.54) is 0 Å². The molecule has 0 aromatic carbocycles. The molecule has 2 unspecified atom stereocenters. The van der Waals surface area contributed by atoms with Gasteiger partial charge in [-0.1, -0.05) is 0 Å². The van der Waals surface area contributed by atoms with Crippen molar-refractivity contribution >= 4 is 16.2 Å². The zero-order valence-electron chi connectivity index (χ0n) is 8.09. The van der Waals surface area contributed by atoms with Gasteiger partial charge in [-0.05, 0) is 6.42 Å². The molecule has 6 nitrogen and oxygen atoms in total. The van der Waals surface area contributed by atoms with Crippen molar-refractivity contribution in [1.82, 2.24) is 4.90 Å². The summed E-state index contributed by atoms with van der Waals surface area (Å²) in [5.74, 6) is 0. The first-order valence-electron chi connectivity index (χ1n) is 4.30. The Labute approximate surface area is 86.8 Å². The molecular weight excluding hydrogens is 229 g/mol. The van der Waals surface area contributed by atoms with E-state index in [0.717, 1.165) is 11.2 Å². The lowest BCUT2D eigenvalue weighted by Crippen LogP contribution is -2.48. The van der Waals surface area contributed by atoms with Crippen LogP contribution in [0.4, 0.5) is 9.18 Å². The van der Waals surface area contributed by atoms with Crippen LogP contribution in [0.1, 0.15) is 6.42 Å². The fraction of sp³-hybridized carbons (Fsp3) is 0.857. The van der Waals surface area contributed by atoms with Crippen LogP contribution in [-0.2, 0) is 14.3 Å². The number of amides is 1. The second-order valence-electron chi connectivity index (χ2n) is 3.37. The number of likely N-dealkylation sites (tertiary alicyclic amines) is 1.